The molecule has 3 aromatic rings. The summed E-state index contributed by atoms with van der Waals surface area (Å²) in [6.07, 6.45) is 1.69. The average Bonchev–Trinajstić information content (AvgIpc) is 2.89. The fraction of sp³-hybridized carbons (Fsp3) is 0.364. The first-order valence-electron chi connectivity index (χ1n) is 14.1. The first-order valence-corrected chi connectivity index (χ1v) is 14.5. The van der Waals surface area contributed by atoms with Gasteiger partial charge in [0.1, 0.15) is 23.4 Å². The van der Waals surface area contributed by atoms with E-state index >= 15 is 0 Å². The molecule has 42 heavy (non-hydrogen) atoms. The Labute approximate surface area is 252 Å². The van der Waals surface area contributed by atoms with E-state index in [2.05, 4.69) is 10.6 Å². The third-order valence-electron chi connectivity index (χ3n) is 7.22. The number of hydrogen-bond acceptors (Lipinski definition) is 5. The van der Waals surface area contributed by atoms with Crippen LogP contribution in [0.1, 0.15) is 62.8 Å². The number of phenolic OH excluding ortho intramolecular Hbond substituents is 1. The molecule has 4 rings (SSSR count). The van der Waals surface area contributed by atoms with Gasteiger partial charge in [0, 0.05) is 18.0 Å². The molecule has 1 aliphatic rings. The molecule has 8 nitrogen and oxygen atoms in total. The molecule has 2 unspecified atom stereocenters. The van der Waals surface area contributed by atoms with Crippen molar-refractivity contribution in [3.63, 3.8) is 0 Å². The van der Waals surface area contributed by atoms with Gasteiger partial charge in [-0.2, -0.15) is 0 Å². The summed E-state index contributed by atoms with van der Waals surface area (Å²) in [5.74, 6) is -1.09. The van der Waals surface area contributed by atoms with Crippen molar-refractivity contribution < 1.29 is 24.2 Å². The Morgan fingerprint density at radius 2 is 1.67 bits per heavy atom. The van der Waals surface area contributed by atoms with Gasteiger partial charge in [0.2, 0.25) is 5.91 Å². The standard InChI is InChI=1S/C33H38ClN3O5/c1-21-12-10-18-25(34)28(21)36-30(39)29(24-17-8-9-19-27(24)38)37(23-15-11-16-23)31(40)26(20-22-13-6-5-7-14-22)35-32(41)42-33(2,3)4/h5-10,12-14,17-19,23,26,29,38H,11,15-16,20H2,1-4H3,(H,35,41)(H,36,39). The van der Waals surface area contributed by atoms with Crippen LogP contribution in [0.3, 0.4) is 0 Å². The molecule has 0 saturated heterocycles. The highest BCUT2D eigenvalue weighted by Gasteiger charge is 2.43. The fourth-order valence-electron chi connectivity index (χ4n) is 4.98. The zero-order valence-corrected chi connectivity index (χ0v) is 25.1. The van der Waals surface area contributed by atoms with Crippen LogP contribution in [0.15, 0.2) is 72.8 Å². The van der Waals surface area contributed by atoms with Gasteiger partial charge in [-0.3, -0.25) is 9.59 Å². The van der Waals surface area contributed by atoms with Crippen molar-refractivity contribution >= 4 is 35.2 Å². The number of carbonyl (C=O) groups is 3. The van der Waals surface area contributed by atoms with Gasteiger partial charge in [0.25, 0.3) is 5.91 Å². The SMILES string of the molecule is Cc1cccc(Cl)c1NC(=O)C(c1ccccc1O)N(C(=O)C(Cc1ccccc1)NC(=O)OC(C)(C)C)C1CCC1. The van der Waals surface area contributed by atoms with Crippen LogP contribution < -0.4 is 10.6 Å². The van der Waals surface area contributed by atoms with Gasteiger partial charge in [-0.1, -0.05) is 72.3 Å². The molecular formula is C33H38ClN3O5. The van der Waals surface area contributed by atoms with Crippen molar-refractivity contribution in [3.8, 4) is 5.75 Å². The van der Waals surface area contributed by atoms with E-state index in [4.69, 9.17) is 16.3 Å². The highest BCUT2D eigenvalue weighted by molar-refractivity contribution is 6.34. The Morgan fingerprint density at radius 3 is 2.26 bits per heavy atom. The van der Waals surface area contributed by atoms with Crippen LogP contribution >= 0.6 is 11.6 Å². The first kappa shape index (κ1) is 30.9. The predicted octanol–water partition coefficient (Wildman–Crippen LogP) is 6.55. The molecule has 0 aromatic heterocycles. The molecule has 0 bridgehead atoms. The lowest BCUT2D eigenvalue weighted by Crippen LogP contribution is -2.57. The number of benzene rings is 3. The van der Waals surface area contributed by atoms with Crippen molar-refractivity contribution in [3.05, 3.63) is 94.5 Å². The Hall–Kier alpha value is -4.04. The Bertz CT molecular complexity index is 1400. The van der Waals surface area contributed by atoms with Crippen LogP contribution in [-0.4, -0.2) is 45.6 Å². The van der Waals surface area contributed by atoms with Gasteiger partial charge in [-0.05, 0) is 70.2 Å². The zero-order valence-electron chi connectivity index (χ0n) is 24.4. The Kier molecular flexibility index (Phi) is 9.78. The fourth-order valence-corrected chi connectivity index (χ4v) is 5.25. The van der Waals surface area contributed by atoms with Crippen molar-refractivity contribution in [1.29, 1.82) is 0 Å². The number of anilines is 1. The van der Waals surface area contributed by atoms with Gasteiger partial charge < -0.3 is 25.4 Å². The van der Waals surface area contributed by atoms with Gasteiger partial charge in [0.15, 0.2) is 0 Å². The van der Waals surface area contributed by atoms with E-state index in [1.165, 1.54) is 11.0 Å². The molecule has 0 heterocycles. The van der Waals surface area contributed by atoms with Crippen molar-refractivity contribution in [2.45, 2.75) is 77.1 Å². The number of alkyl carbamates (subject to hydrolysis) is 1. The van der Waals surface area contributed by atoms with E-state index < -0.39 is 35.6 Å². The molecule has 1 fully saturated rings. The third-order valence-corrected chi connectivity index (χ3v) is 7.54. The molecule has 0 aliphatic heterocycles. The van der Waals surface area contributed by atoms with Crippen LogP contribution in [0.25, 0.3) is 0 Å². The summed E-state index contributed by atoms with van der Waals surface area (Å²) in [5, 5.41) is 17.0. The number of phenols is 1. The Morgan fingerprint density at radius 1 is 1.00 bits per heavy atom. The van der Waals surface area contributed by atoms with Crippen molar-refractivity contribution in [2.75, 3.05) is 5.32 Å². The van der Waals surface area contributed by atoms with Gasteiger partial charge in [0.05, 0.1) is 10.7 Å². The van der Waals surface area contributed by atoms with E-state index in [1.807, 2.05) is 43.3 Å². The second kappa shape index (κ2) is 13.3. The number of nitrogens with one attached hydrogen (secondary N) is 2. The summed E-state index contributed by atoms with van der Waals surface area (Å²) in [4.78, 5) is 43.2. The minimum atomic E-state index is -1.20. The molecule has 3 aromatic carbocycles. The van der Waals surface area contributed by atoms with Gasteiger partial charge in [-0.15, -0.1) is 0 Å². The highest BCUT2D eigenvalue weighted by atomic mass is 35.5. The number of hydrogen-bond donors (Lipinski definition) is 3. The van der Waals surface area contributed by atoms with Crippen LogP contribution in [0, 0.1) is 6.92 Å². The molecule has 3 N–H and O–H groups in total. The molecule has 3 amide bonds. The maximum Gasteiger partial charge on any atom is 0.408 e. The van der Waals surface area contributed by atoms with Crippen molar-refractivity contribution in [2.24, 2.45) is 0 Å². The Balaban J connectivity index is 1.77. The number of aromatic hydroxyl groups is 1. The quantitative estimate of drug-likeness (QED) is 0.261. The maximum absolute atomic E-state index is 14.6. The normalized spacial score (nSPS) is 14.7. The maximum atomic E-state index is 14.6. The van der Waals surface area contributed by atoms with Crippen LogP contribution in [0.4, 0.5) is 10.5 Å². The summed E-state index contributed by atoms with van der Waals surface area (Å²) in [7, 11) is 0. The van der Waals surface area contributed by atoms with Crippen LogP contribution in [-0.2, 0) is 20.7 Å². The third kappa shape index (κ3) is 7.62. The number of aryl methyl sites for hydroxylation is 1. The predicted molar refractivity (Wildman–Crippen MR) is 163 cm³/mol. The van der Waals surface area contributed by atoms with Crippen LogP contribution in [0.5, 0.6) is 5.75 Å². The molecule has 2 atom stereocenters. The lowest BCUT2D eigenvalue weighted by molar-refractivity contribution is -0.145. The number of para-hydroxylation sites is 2. The van der Waals surface area contributed by atoms with E-state index in [0.717, 1.165) is 17.5 Å². The second-order valence-corrected chi connectivity index (χ2v) is 12.0. The molecule has 1 aliphatic carbocycles. The van der Waals surface area contributed by atoms with Gasteiger partial charge in [-0.25, -0.2) is 4.79 Å². The summed E-state index contributed by atoms with van der Waals surface area (Å²) < 4.78 is 5.50. The minimum Gasteiger partial charge on any atom is -0.508 e. The van der Waals surface area contributed by atoms with E-state index in [9.17, 15) is 19.5 Å². The summed E-state index contributed by atoms with van der Waals surface area (Å²) in [5.41, 5.74) is 1.51. The second-order valence-electron chi connectivity index (χ2n) is 11.6. The first-order chi connectivity index (χ1) is 19.9. The topological polar surface area (TPSA) is 108 Å². The molecule has 9 heteroatoms. The average molecular weight is 592 g/mol. The summed E-state index contributed by atoms with van der Waals surface area (Å²) in [6, 6.07) is 18.6. The lowest BCUT2D eigenvalue weighted by Gasteiger charge is -2.43. The number of nitrogens with zero attached hydrogens (tertiary/aromatic N) is 1. The molecule has 0 radical (unpaired) electrons. The number of amides is 3. The van der Waals surface area contributed by atoms with Gasteiger partial charge >= 0.3 is 6.09 Å². The highest BCUT2D eigenvalue weighted by Crippen LogP contribution is 2.38. The summed E-state index contributed by atoms with van der Waals surface area (Å²) >= 11 is 6.44. The zero-order chi connectivity index (χ0) is 30.4. The molecule has 222 valence electrons. The lowest BCUT2D eigenvalue weighted by atomic mass is 9.87. The number of halogens is 1. The molecule has 0 spiro atoms. The molecular weight excluding hydrogens is 554 g/mol. The number of carbonyl (C=O) groups excluding carboxylic acids is 3. The minimum absolute atomic E-state index is 0.120. The number of rotatable bonds is 9. The van der Waals surface area contributed by atoms with E-state index in [-0.39, 0.29) is 23.8 Å². The number of ether oxygens (including phenoxy) is 1. The van der Waals surface area contributed by atoms with Crippen molar-refractivity contribution in [1.82, 2.24) is 10.2 Å². The smallest absolute Gasteiger partial charge is 0.408 e. The monoisotopic (exact) mass is 591 g/mol. The largest absolute Gasteiger partial charge is 0.508 e. The van der Waals surface area contributed by atoms with E-state index in [0.29, 0.717) is 23.6 Å². The summed E-state index contributed by atoms with van der Waals surface area (Å²) in [6.45, 7) is 7.07. The van der Waals surface area contributed by atoms with Crippen LogP contribution in [0.2, 0.25) is 5.02 Å². The molecule has 1 saturated carbocycles. The van der Waals surface area contributed by atoms with E-state index in [1.54, 1.807) is 51.1 Å².